The predicted octanol–water partition coefficient (Wildman–Crippen LogP) is 2.37. The summed E-state index contributed by atoms with van der Waals surface area (Å²) in [4.78, 5) is 23.8. The van der Waals surface area contributed by atoms with Crippen LogP contribution >= 0.6 is 0 Å². The van der Waals surface area contributed by atoms with Crippen LogP contribution in [0, 0.1) is 10.1 Å². The van der Waals surface area contributed by atoms with E-state index in [1.54, 1.807) is 0 Å². The highest BCUT2D eigenvalue weighted by Crippen LogP contribution is 2.33. The minimum absolute atomic E-state index is 0.0167. The molecule has 2 aromatic rings. The van der Waals surface area contributed by atoms with Crippen LogP contribution in [0.2, 0.25) is 0 Å². The first-order valence-corrected chi connectivity index (χ1v) is 11.1. The number of nitro groups is 1. The van der Waals surface area contributed by atoms with Crippen molar-refractivity contribution in [2.75, 3.05) is 32.0 Å². The lowest BCUT2D eigenvalue weighted by Gasteiger charge is -2.34. The van der Waals surface area contributed by atoms with Crippen LogP contribution in [0.25, 0.3) is 0 Å². The highest BCUT2D eigenvalue weighted by atomic mass is 32.2. The summed E-state index contributed by atoms with van der Waals surface area (Å²) in [6.45, 7) is 1.03. The third-order valence-corrected chi connectivity index (χ3v) is 7.21. The highest BCUT2D eigenvalue weighted by Gasteiger charge is 2.34. The average molecular weight is 450 g/mol. The lowest BCUT2D eigenvalue weighted by Crippen LogP contribution is -2.44. The third kappa shape index (κ3) is 4.83. The van der Waals surface area contributed by atoms with Crippen LogP contribution in [0.5, 0.6) is 0 Å². The summed E-state index contributed by atoms with van der Waals surface area (Å²) in [7, 11) is -2.36. The molecule has 3 N–H and O–H groups in total. The lowest BCUT2D eigenvalue weighted by molar-refractivity contribution is -0.384. The van der Waals surface area contributed by atoms with E-state index in [0.29, 0.717) is 25.9 Å². The Balaban J connectivity index is 1.92. The van der Waals surface area contributed by atoms with Crippen LogP contribution in [-0.2, 0) is 9.84 Å². The van der Waals surface area contributed by atoms with Crippen molar-refractivity contribution in [2.45, 2.75) is 28.3 Å². The Labute approximate surface area is 179 Å². The van der Waals surface area contributed by atoms with Gasteiger partial charge in [-0.25, -0.2) is 12.8 Å². The number of nitrogens with two attached hydrogens (primary N) is 1. The van der Waals surface area contributed by atoms with Crippen LogP contribution in [0.3, 0.4) is 0 Å². The quantitative estimate of drug-likeness (QED) is 0.488. The summed E-state index contributed by atoms with van der Waals surface area (Å²) in [5, 5.41) is 14.3. The second kappa shape index (κ2) is 8.60. The number of halogens is 1. The zero-order chi connectivity index (χ0) is 22.8. The summed E-state index contributed by atoms with van der Waals surface area (Å²) in [5.41, 5.74) is 3.05. The van der Waals surface area contributed by atoms with Crippen molar-refractivity contribution in [3.63, 3.8) is 0 Å². The molecule has 31 heavy (non-hydrogen) atoms. The molecule has 11 heteroatoms. The molecule has 0 bridgehead atoms. The number of benzene rings is 2. The van der Waals surface area contributed by atoms with Crippen LogP contribution < -0.4 is 11.1 Å². The molecule has 0 aromatic heterocycles. The number of primary amides is 1. The third-order valence-electron chi connectivity index (χ3n) is 5.40. The van der Waals surface area contributed by atoms with E-state index < -0.39 is 32.0 Å². The maximum Gasteiger partial charge on any atom is 0.293 e. The first-order chi connectivity index (χ1) is 14.5. The fraction of sp³-hybridized carbons (Fsp3) is 0.350. The molecule has 1 aliphatic heterocycles. The number of piperidine rings is 1. The van der Waals surface area contributed by atoms with Crippen molar-refractivity contribution >= 4 is 27.1 Å². The molecule has 3 rings (SSSR count). The molecule has 1 amide bonds. The topological polar surface area (TPSA) is 136 Å². The van der Waals surface area contributed by atoms with Gasteiger partial charge in [0.05, 0.1) is 20.3 Å². The van der Waals surface area contributed by atoms with E-state index >= 15 is 0 Å². The molecule has 9 nitrogen and oxygen atoms in total. The van der Waals surface area contributed by atoms with E-state index in [2.05, 4.69) is 5.32 Å². The Morgan fingerprint density at radius 2 is 1.90 bits per heavy atom. The van der Waals surface area contributed by atoms with Gasteiger partial charge in [-0.3, -0.25) is 14.9 Å². The van der Waals surface area contributed by atoms with Crippen molar-refractivity contribution in [3.05, 3.63) is 58.1 Å². The molecule has 0 radical (unpaired) electrons. The van der Waals surface area contributed by atoms with Crippen molar-refractivity contribution in [3.8, 4) is 0 Å². The minimum Gasteiger partial charge on any atom is -0.376 e. The van der Waals surface area contributed by atoms with E-state index in [9.17, 15) is 27.7 Å². The number of rotatable bonds is 7. The van der Waals surface area contributed by atoms with Crippen molar-refractivity contribution in [2.24, 2.45) is 5.73 Å². The van der Waals surface area contributed by atoms with Gasteiger partial charge >= 0.3 is 0 Å². The molecule has 1 saturated heterocycles. The molecule has 0 saturated carbocycles. The molecule has 2 aromatic carbocycles. The number of anilines is 1. The smallest absolute Gasteiger partial charge is 0.293 e. The van der Waals surface area contributed by atoms with Gasteiger partial charge in [-0.15, -0.1) is 0 Å². The zero-order valence-electron chi connectivity index (χ0n) is 16.9. The van der Waals surface area contributed by atoms with Gasteiger partial charge in [0.2, 0.25) is 15.7 Å². The van der Waals surface area contributed by atoms with E-state index in [0.717, 1.165) is 6.07 Å². The second-order valence-corrected chi connectivity index (χ2v) is 9.53. The van der Waals surface area contributed by atoms with Gasteiger partial charge in [-0.2, -0.15) is 0 Å². The first-order valence-electron chi connectivity index (χ1n) is 9.57. The van der Waals surface area contributed by atoms with Crippen LogP contribution in [0.15, 0.2) is 52.3 Å². The highest BCUT2D eigenvalue weighted by molar-refractivity contribution is 7.91. The summed E-state index contributed by atoms with van der Waals surface area (Å²) in [5.74, 6) is -0.932. The largest absolute Gasteiger partial charge is 0.376 e. The molecule has 0 aliphatic carbocycles. The molecule has 0 unspecified atom stereocenters. The first kappa shape index (κ1) is 22.6. The average Bonchev–Trinajstić information content (AvgIpc) is 2.74. The Morgan fingerprint density at radius 1 is 1.26 bits per heavy atom. The zero-order valence-corrected chi connectivity index (χ0v) is 17.7. The molecule has 1 heterocycles. The van der Waals surface area contributed by atoms with Gasteiger partial charge in [0.1, 0.15) is 11.4 Å². The van der Waals surface area contributed by atoms with Gasteiger partial charge < -0.3 is 16.0 Å². The van der Waals surface area contributed by atoms with Crippen molar-refractivity contribution in [1.29, 1.82) is 0 Å². The monoisotopic (exact) mass is 450 g/mol. The number of likely N-dealkylation sites (tertiary alicyclic amines) is 1. The summed E-state index contributed by atoms with van der Waals surface area (Å²) in [6, 6.07) is 8.67. The number of hydrogen-bond donors (Lipinski definition) is 2. The molecule has 0 spiro atoms. The second-order valence-electron chi connectivity index (χ2n) is 7.61. The molecule has 166 valence electrons. The predicted molar refractivity (Wildman–Crippen MR) is 113 cm³/mol. The minimum atomic E-state index is -4.25. The summed E-state index contributed by atoms with van der Waals surface area (Å²) < 4.78 is 41.0. The summed E-state index contributed by atoms with van der Waals surface area (Å²) in [6.07, 6.45) is 0.585. The van der Waals surface area contributed by atoms with Crippen LogP contribution in [0.4, 0.5) is 15.8 Å². The number of carbonyl (C=O) groups excluding carboxylic acids is 1. The van der Waals surface area contributed by atoms with Gasteiger partial charge in [0.25, 0.3) is 5.69 Å². The molecule has 0 atom stereocenters. The van der Waals surface area contributed by atoms with Gasteiger partial charge in [-0.05, 0) is 44.2 Å². The van der Waals surface area contributed by atoms with Crippen molar-refractivity contribution < 1.29 is 22.5 Å². The number of alkyl halides is 1. The van der Waals surface area contributed by atoms with E-state index in [-0.39, 0.29) is 27.6 Å². The SMILES string of the molecule is CN1CCC(F)(CNc2ccc(S(=O)(=O)c3ccccc3C(N)=O)cc2[N+](=O)[O-])CC1. The maximum atomic E-state index is 15.0. The van der Waals surface area contributed by atoms with Crippen LogP contribution in [-0.4, -0.2) is 56.5 Å². The molecular formula is C20H23FN4O5S. The number of nitrogens with one attached hydrogen (secondary N) is 1. The Kier molecular flexibility index (Phi) is 6.27. The summed E-state index contributed by atoms with van der Waals surface area (Å²) >= 11 is 0. The van der Waals surface area contributed by atoms with Gasteiger partial charge in [0.15, 0.2) is 0 Å². The number of nitro benzene ring substituents is 1. The van der Waals surface area contributed by atoms with E-state index in [4.69, 9.17) is 5.73 Å². The fourth-order valence-corrected chi connectivity index (χ4v) is 4.94. The number of hydrogen-bond acceptors (Lipinski definition) is 7. The van der Waals surface area contributed by atoms with Crippen LogP contribution in [0.1, 0.15) is 23.2 Å². The maximum absolute atomic E-state index is 15.0. The molecular weight excluding hydrogens is 427 g/mol. The van der Waals surface area contributed by atoms with Crippen molar-refractivity contribution in [1.82, 2.24) is 4.90 Å². The standard InChI is InChI=1S/C20H23FN4O5S/c1-24-10-8-20(21,9-11-24)13-23-16-7-6-14(12-17(16)25(27)28)31(29,30)18-5-3-2-4-15(18)19(22)26/h2-7,12,23H,8-11,13H2,1H3,(H2,22,26). The fourth-order valence-electron chi connectivity index (χ4n) is 3.46. The van der Waals surface area contributed by atoms with E-state index in [1.165, 1.54) is 36.4 Å². The van der Waals surface area contributed by atoms with E-state index in [1.807, 2.05) is 11.9 Å². The lowest BCUT2D eigenvalue weighted by atomic mass is 9.93. The normalized spacial score (nSPS) is 16.6. The Hall–Kier alpha value is -3.05. The molecule has 1 fully saturated rings. The number of amides is 1. The van der Waals surface area contributed by atoms with Gasteiger partial charge in [-0.1, -0.05) is 12.1 Å². The van der Waals surface area contributed by atoms with Gasteiger partial charge in [0, 0.05) is 25.7 Å². The number of carbonyl (C=O) groups is 1. The number of sulfone groups is 1. The Morgan fingerprint density at radius 3 is 2.52 bits per heavy atom. The number of nitrogens with zero attached hydrogens (tertiary/aromatic N) is 2. The Bertz CT molecular complexity index is 1110. The molecule has 1 aliphatic rings.